The summed E-state index contributed by atoms with van der Waals surface area (Å²) < 4.78 is 0. The van der Waals surface area contributed by atoms with E-state index in [4.69, 9.17) is 15.9 Å². The Bertz CT molecular complexity index is 1240. The van der Waals surface area contributed by atoms with E-state index in [-0.39, 0.29) is 29.9 Å². The van der Waals surface area contributed by atoms with E-state index in [0.29, 0.717) is 24.2 Å². The molecule has 0 aliphatic carbocycles. The van der Waals surface area contributed by atoms with Crippen molar-refractivity contribution in [3.8, 4) is 0 Å². The van der Waals surface area contributed by atoms with Crippen LogP contribution in [0.5, 0.6) is 0 Å². The molecule has 12 nitrogen and oxygen atoms in total. The first-order valence-electron chi connectivity index (χ1n) is 9.98. The van der Waals surface area contributed by atoms with Crippen LogP contribution in [0.3, 0.4) is 0 Å². The normalized spacial score (nSPS) is 11.6. The molecule has 3 aromatic rings. The molecule has 0 aliphatic heterocycles. The first-order valence-corrected chi connectivity index (χ1v) is 9.98. The number of aromatic nitrogens is 3. The van der Waals surface area contributed by atoms with Gasteiger partial charge >= 0.3 is 11.9 Å². The molecule has 33 heavy (non-hydrogen) atoms. The first kappa shape index (κ1) is 23.2. The summed E-state index contributed by atoms with van der Waals surface area (Å²) >= 11 is 0. The molecule has 1 atom stereocenters. The molecule has 2 heterocycles. The summed E-state index contributed by atoms with van der Waals surface area (Å²) in [5, 5.41) is 23.3. The molecule has 0 aliphatic rings. The summed E-state index contributed by atoms with van der Waals surface area (Å²) in [6, 6.07) is 8.51. The number of nitrogens with two attached hydrogens (primary N) is 1. The molecule has 7 N–H and O–H groups in total. The second kappa shape index (κ2) is 10.2. The Morgan fingerprint density at radius 1 is 1.06 bits per heavy atom. The van der Waals surface area contributed by atoms with Crippen LogP contribution in [0.4, 0.5) is 11.6 Å². The number of carbonyl (C=O) groups excluding carboxylic acids is 1. The zero-order valence-electron chi connectivity index (χ0n) is 17.4. The lowest BCUT2D eigenvalue weighted by atomic mass is 10.1. The van der Waals surface area contributed by atoms with Gasteiger partial charge in [0.15, 0.2) is 5.52 Å². The molecule has 1 amide bonds. The fourth-order valence-electron chi connectivity index (χ4n) is 3.06. The number of carboxylic acids is 2. The van der Waals surface area contributed by atoms with Crippen molar-refractivity contribution in [2.75, 3.05) is 17.6 Å². The maximum Gasteiger partial charge on any atom is 0.326 e. The van der Waals surface area contributed by atoms with Gasteiger partial charge in [-0.05, 0) is 42.8 Å². The van der Waals surface area contributed by atoms with Crippen LogP contribution in [0, 0.1) is 0 Å². The maximum absolute atomic E-state index is 12.3. The van der Waals surface area contributed by atoms with Crippen molar-refractivity contribution in [1.82, 2.24) is 20.3 Å². The van der Waals surface area contributed by atoms with Crippen LogP contribution in [0.15, 0.2) is 41.2 Å². The summed E-state index contributed by atoms with van der Waals surface area (Å²) in [5.41, 5.74) is 7.38. The quantitative estimate of drug-likeness (QED) is 0.252. The number of hydrogen-bond acceptors (Lipinski definition) is 8. The number of nitrogens with zero attached hydrogens (tertiary/aromatic N) is 2. The van der Waals surface area contributed by atoms with E-state index in [1.54, 1.807) is 24.3 Å². The number of nitrogen functional groups attached to an aromatic ring is 1. The number of hydrogen-bond donors (Lipinski definition) is 6. The van der Waals surface area contributed by atoms with Crippen molar-refractivity contribution in [3.63, 3.8) is 0 Å². The van der Waals surface area contributed by atoms with Crippen molar-refractivity contribution in [3.05, 3.63) is 58.0 Å². The predicted molar refractivity (Wildman–Crippen MR) is 119 cm³/mol. The highest BCUT2D eigenvalue weighted by Crippen LogP contribution is 2.12. The van der Waals surface area contributed by atoms with Gasteiger partial charge in [0.2, 0.25) is 5.95 Å². The standard InChI is InChI=1S/C21H22N6O6/c22-21-26-14-6-5-13(24-17(14)19(31)27-21)9-10-23-12-3-1-11(2-4-12)18(30)25-15(20(32)33)7-8-16(28)29/h1-6,15,23H,7-10H2,(H,25,30)(H,28,29)(H,32,33)(H3,22,26,27,31)/t15-/m0/s1. The summed E-state index contributed by atoms with van der Waals surface area (Å²) in [6.45, 7) is 0.501. The highest BCUT2D eigenvalue weighted by Gasteiger charge is 2.21. The Hall–Kier alpha value is -4.48. The second-order valence-electron chi connectivity index (χ2n) is 7.17. The molecule has 0 spiro atoms. The number of nitrogens with one attached hydrogen (secondary N) is 3. The summed E-state index contributed by atoms with van der Waals surface area (Å²) in [6.07, 6.45) is -0.0643. The van der Waals surface area contributed by atoms with Gasteiger partial charge in [-0.15, -0.1) is 0 Å². The lowest BCUT2D eigenvalue weighted by Crippen LogP contribution is -2.41. The molecular formula is C21H22N6O6. The lowest BCUT2D eigenvalue weighted by molar-refractivity contribution is -0.140. The van der Waals surface area contributed by atoms with Crippen LogP contribution in [0.2, 0.25) is 0 Å². The van der Waals surface area contributed by atoms with Gasteiger partial charge in [0, 0.05) is 36.3 Å². The zero-order valence-corrected chi connectivity index (χ0v) is 17.4. The van der Waals surface area contributed by atoms with E-state index in [1.165, 1.54) is 12.1 Å². The molecule has 3 rings (SSSR count). The monoisotopic (exact) mass is 454 g/mol. The number of anilines is 2. The maximum atomic E-state index is 12.3. The molecular weight excluding hydrogens is 432 g/mol. The fraction of sp³-hybridized carbons (Fsp3) is 0.238. The van der Waals surface area contributed by atoms with Crippen molar-refractivity contribution >= 4 is 40.5 Å². The van der Waals surface area contributed by atoms with Gasteiger partial charge in [0.1, 0.15) is 6.04 Å². The Balaban J connectivity index is 1.55. The van der Waals surface area contributed by atoms with Crippen LogP contribution >= 0.6 is 0 Å². The van der Waals surface area contributed by atoms with E-state index < -0.39 is 29.4 Å². The lowest BCUT2D eigenvalue weighted by Gasteiger charge is -2.14. The molecule has 0 bridgehead atoms. The van der Waals surface area contributed by atoms with Crippen molar-refractivity contribution in [1.29, 1.82) is 0 Å². The smallest absolute Gasteiger partial charge is 0.326 e. The Kier molecular flexibility index (Phi) is 7.18. The average molecular weight is 454 g/mol. The SMILES string of the molecule is Nc1nc2ccc(CCNc3ccc(C(=O)N[C@@H](CCC(=O)O)C(=O)O)cc3)nc2c(=O)[nH]1. The van der Waals surface area contributed by atoms with E-state index in [9.17, 15) is 19.2 Å². The van der Waals surface area contributed by atoms with E-state index in [0.717, 1.165) is 5.69 Å². The third kappa shape index (κ3) is 6.26. The van der Waals surface area contributed by atoms with Gasteiger partial charge in [-0.25, -0.2) is 14.8 Å². The summed E-state index contributed by atoms with van der Waals surface area (Å²) in [7, 11) is 0. The van der Waals surface area contributed by atoms with Gasteiger partial charge in [0.25, 0.3) is 11.5 Å². The average Bonchev–Trinajstić information content (AvgIpc) is 2.77. The number of aromatic amines is 1. The van der Waals surface area contributed by atoms with Crippen LogP contribution in [0.1, 0.15) is 28.9 Å². The minimum Gasteiger partial charge on any atom is -0.481 e. The Morgan fingerprint density at radius 3 is 2.45 bits per heavy atom. The topological polar surface area (TPSA) is 200 Å². The Labute approximate surface area is 186 Å². The number of fused-ring (bicyclic) bond motifs is 1. The van der Waals surface area contributed by atoms with Crippen LogP contribution in [-0.2, 0) is 16.0 Å². The predicted octanol–water partition coefficient (Wildman–Crippen LogP) is 0.603. The van der Waals surface area contributed by atoms with Gasteiger partial charge in [-0.1, -0.05) is 0 Å². The molecule has 0 radical (unpaired) electrons. The van der Waals surface area contributed by atoms with Gasteiger partial charge in [0.05, 0.1) is 5.52 Å². The molecule has 0 saturated heterocycles. The number of aliphatic carboxylic acids is 2. The van der Waals surface area contributed by atoms with Gasteiger partial charge in [-0.3, -0.25) is 19.4 Å². The number of pyridine rings is 1. The molecule has 12 heteroatoms. The highest BCUT2D eigenvalue weighted by atomic mass is 16.4. The van der Waals surface area contributed by atoms with Gasteiger partial charge in [-0.2, -0.15) is 0 Å². The number of carboxylic acid groups (broad SMARTS) is 2. The largest absolute Gasteiger partial charge is 0.481 e. The minimum absolute atomic E-state index is 0.0274. The number of carbonyl (C=O) groups is 3. The van der Waals surface area contributed by atoms with Crippen molar-refractivity contribution < 1.29 is 24.6 Å². The molecule has 0 saturated carbocycles. The molecule has 172 valence electrons. The molecule has 0 unspecified atom stereocenters. The van der Waals surface area contributed by atoms with E-state index >= 15 is 0 Å². The van der Waals surface area contributed by atoms with E-state index in [1.807, 2.05) is 0 Å². The minimum atomic E-state index is -1.30. The van der Waals surface area contributed by atoms with Crippen LogP contribution in [-0.4, -0.2) is 55.6 Å². The molecule has 1 aromatic carbocycles. The molecule has 0 fully saturated rings. The second-order valence-corrected chi connectivity index (χ2v) is 7.17. The number of benzene rings is 1. The first-order chi connectivity index (χ1) is 15.7. The van der Waals surface area contributed by atoms with Gasteiger partial charge < -0.3 is 26.6 Å². The fourth-order valence-corrected chi connectivity index (χ4v) is 3.06. The third-order valence-electron chi connectivity index (χ3n) is 4.74. The van der Waals surface area contributed by atoms with Crippen molar-refractivity contribution in [2.45, 2.75) is 25.3 Å². The zero-order chi connectivity index (χ0) is 24.0. The highest BCUT2D eigenvalue weighted by molar-refractivity contribution is 5.96. The van der Waals surface area contributed by atoms with Crippen molar-refractivity contribution in [2.24, 2.45) is 0 Å². The number of rotatable bonds is 10. The number of H-pyrrole nitrogens is 1. The Morgan fingerprint density at radius 2 is 1.79 bits per heavy atom. The van der Waals surface area contributed by atoms with Crippen LogP contribution < -0.4 is 21.9 Å². The van der Waals surface area contributed by atoms with Crippen LogP contribution in [0.25, 0.3) is 11.0 Å². The summed E-state index contributed by atoms with van der Waals surface area (Å²) in [5.74, 6) is -3.02. The number of amides is 1. The molecule has 2 aromatic heterocycles. The van der Waals surface area contributed by atoms with E-state index in [2.05, 4.69) is 25.6 Å². The summed E-state index contributed by atoms with van der Waals surface area (Å²) in [4.78, 5) is 56.9. The third-order valence-corrected chi connectivity index (χ3v) is 4.74.